The number of rotatable bonds is 6. The second kappa shape index (κ2) is 5.99. The van der Waals surface area contributed by atoms with Gasteiger partial charge in [0, 0.05) is 30.3 Å². The minimum absolute atomic E-state index is 0.0712. The molecule has 2 N–H and O–H groups in total. The van der Waals surface area contributed by atoms with Crippen LogP contribution in [0.15, 0.2) is 18.2 Å². The van der Waals surface area contributed by atoms with E-state index in [1.807, 2.05) is 0 Å². The summed E-state index contributed by atoms with van der Waals surface area (Å²) in [5, 5.41) is 24.1. The van der Waals surface area contributed by atoms with Crippen LogP contribution in [0.2, 0.25) is 0 Å². The van der Waals surface area contributed by atoms with E-state index in [-0.39, 0.29) is 11.8 Å². The second-order valence-corrected chi connectivity index (χ2v) is 5.86. The maximum Gasteiger partial charge on any atom is 0.270 e. The number of nitro benzene ring substituents is 1. The summed E-state index contributed by atoms with van der Waals surface area (Å²) in [6.07, 6.45) is 4.21. The smallest absolute Gasteiger partial charge is 0.270 e. The molecular formula is C15H20N2O4. The molecule has 2 atom stereocenters. The van der Waals surface area contributed by atoms with Crippen molar-refractivity contribution in [3.8, 4) is 5.75 Å². The van der Waals surface area contributed by atoms with Crippen LogP contribution in [-0.4, -0.2) is 28.3 Å². The lowest BCUT2D eigenvalue weighted by atomic mass is 10.1. The molecule has 6 heteroatoms. The Morgan fingerprint density at radius 2 is 2.14 bits per heavy atom. The van der Waals surface area contributed by atoms with Crippen molar-refractivity contribution in [2.75, 3.05) is 0 Å². The van der Waals surface area contributed by atoms with E-state index in [1.54, 1.807) is 12.1 Å². The first-order chi connectivity index (χ1) is 10.1. The highest BCUT2D eigenvalue weighted by atomic mass is 16.6. The van der Waals surface area contributed by atoms with Crippen molar-refractivity contribution >= 4 is 5.69 Å². The average molecular weight is 292 g/mol. The molecule has 0 saturated heterocycles. The normalized spacial score (nSPS) is 25.0. The number of non-ortho nitro benzene ring substituents is 1. The maximum absolute atomic E-state index is 10.9. The van der Waals surface area contributed by atoms with Crippen molar-refractivity contribution in [1.29, 1.82) is 0 Å². The summed E-state index contributed by atoms with van der Waals surface area (Å²) in [5.41, 5.74) is 0.858. The summed E-state index contributed by atoms with van der Waals surface area (Å²) in [5.74, 6) is 0.639. The van der Waals surface area contributed by atoms with E-state index in [2.05, 4.69) is 5.32 Å². The van der Waals surface area contributed by atoms with Gasteiger partial charge in [-0.25, -0.2) is 0 Å². The third-order valence-electron chi connectivity index (χ3n) is 4.11. The number of nitrogens with one attached hydrogen (secondary N) is 1. The molecule has 6 nitrogen and oxygen atoms in total. The number of hydrogen-bond acceptors (Lipinski definition) is 5. The first-order valence-electron chi connectivity index (χ1n) is 7.49. The van der Waals surface area contributed by atoms with Crippen LogP contribution in [0.25, 0.3) is 0 Å². The van der Waals surface area contributed by atoms with Crippen molar-refractivity contribution in [1.82, 2.24) is 5.32 Å². The third-order valence-corrected chi connectivity index (χ3v) is 4.11. The van der Waals surface area contributed by atoms with Gasteiger partial charge in [0.05, 0.1) is 11.0 Å². The quantitative estimate of drug-likeness (QED) is 0.620. The lowest BCUT2D eigenvalue weighted by molar-refractivity contribution is -0.384. The monoisotopic (exact) mass is 292 g/mol. The molecule has 1 aromatic carbocycles. The molecule has 3 rings (SSSR count). The molecule has 0 aliphatic heterocycles. The topological polar surface area (TPSA) is 84.6 Å². The molecule has 21 heavy (non-hydrogen) atoms. The molecule has 0 amide bonds. The van der Waals surface area contributed by atoms with Crippen molar-refractivity contribution in [3.63, 3.8) is 0 Å². The summed E-state index contributed by atoms with van der Waals surface area (Å²) in [6, 6.07) is 5.19. The Balaban J connectivity index is 1.77. The maximum atomic E-state index is 10.9. The third kappa shape index (κ3) is 3.51. The van der Waals surface area contributed by atoms with E-state index in [9.17, 15) is 15.2 Å². The van der Waals surface area contributed by atoms with E-state index >= 15 is 0 Å². The SMILES string of the molecule is O=[N+]([O-])c1ccc(OC2CCCC2O)c(CNC2CC2)c1. The van der Waals surface area contributed by atoms with Gasteiger partial charge in [0.2, 0.25) is 0 Å². The Hall–Kier alpha value is -1.66. The van der Waals surface area contributed by atoms with Gasteiger partial charge >= 0.3 is 0 Å². The molecule has 0 radical (unpaired) electrons. The highest BCUT2D eigenvalue weighted by molar-refractivity contribution is 5.44. The molecule has 0 bridgehead atoms. The predicted molar refractivity (Wildman–Crippen MR) is 77.2 cm³/mol. The molecular weight excluding hydrogens is 272 g/mol. The fourth-order valence-electron chi connectivity index (χ4n) is 2.68. The minimum Gasteiger partial charge on any atom is -0.487 e. The Labute approximate surface area is 123 Å². The highest BCUT2D eigenvalue weighted by Crippen LogP contribution is 2.30. The standard InChI is InChI=1S/C15H20N2O4/c18-13-2-1-3-15(13)21-14-7-6-12(17(19)20)8-10(14)9-16-11-4-5-11/h6-8,11,13,15-16,18H,1-5,9H2. The average Bonchev–Trinajstić information content (AvgIpc) is 3.21. The molecule has 0 aromatic heterocycles. The molecule has 114 valence electrons. The van der Waals surface area contributed by atoms with E-state index in [4.69, 9.17) is 4.74 Å². The lowest BCUT2D eigenvalue weighted by Crippen LogP contribution is -2.26. The van der Waals surface area contributed by atoms with Gasteiger partial charge in [-0.1, -0.05) is 0 Å². The van der Waals surface area contributed by atoms with E-state index in [0.717, 1.165) is 37.7 Å². The number of aliphatic hydroxyl groups excluding tert-OH is 1. The van der Waals surface area contributed by atoms with E-state index in [0.29, 0.717) is 18.3 Å². The Bertz CT molecular complexity index is 530. The van der Waals surface area contributed by atoms with Crippen LogP contribution in [0, 0.1) is 10.1 Å². The van der Waals surface area contributed by atoms with Gasteiger partial charge in [-0.3, -0.25) is 10.1 Å². The lowest BCUT2D eigenvalue weighted by Gasteiger charge is -2.19. The molecule has 2 unspecified atom stereocenters. The number of ether oxygens (including phenoxy) is 1. The van der Waals surface area contributed by atoms with Crippen molar-refractivity contribution in [2.45, 2.75) is 56.9 Å². The van der Waals surface area contributed by atoms with Crippen molar-refractivity contribution in [3.05, 3.63) is 33.9 Å². The minimum atomic E-state index is -0.440. The van der Waals surface area contributed by atoms with Gasteiger partial charge < -0.3 is 15.2 Å². The Kier molecular flexibility index (Phi) is 4.07. The fraction of sp³-hybridized carbons (Fsp3) is 0.600. The van der Waals surface area contributed by atoms with Gasteiger partial charge in [0.25, 0.3) is 5.69 Å². The Morgan fingerprint density at radius 1 is 1.33 bits per heavy atom. The largest absolute Gasteiger partial charge is 0.487 e. The van der Waals surface area contributed by atoms with Crippen molar-refractivity contribution < 1.29 is 14.8 Å². The van der Waals surface area contributed by atoms with Gasteiger partial charge in [-0.15, -0.1) is 0 Å². The van der Waals surface area contributed by atoms with Crippen LogP contribution in [0.4, 0.5) is 5.69 Å². The Morgan fingerprint density at radius 3 is 2.76 bits per heavy atom. The number of benzene rings is 1. The number of nitrogens with zero attached hydrogens (tertiary/aromatic N) is 1. The van der Waals surface area contributed by atoms with Gasteiger partial charge in [0.15, 0.2) is 0 Å². The number of nitro groups is 1. The van der Waals surface area contributed by atoms with Gasteiger partial charge in [-0.05, 0) is 38.2 Å². The van der Waals surface area contributed by atoms with Crippen LogP contribution in [0.1, 0.15) is 37.7 Å². The molecule has 2 saturated carbocycles. The van der Waals surface area contributed by atoms with Crippen molar-refractivity contribution in [2.24, 2.45) is 0 Å². The van der Waals surface area contributed by atoms with Crippen LogP contribution in [0.3, 0.4) is 0 Å². The summed E-state index contributed by atoms with van der Waals surface area (Å²) in [6.45, 7) is 0.560. The zero-order chi connectivity index (χ0) is 14.8. The molecule has 2 aliphatic rings. The zero-order valence-corrected chi connectivity index (χ0v) is 11.8. The molecule has 0 heterocycles. The first-order valence-corrected chi connectivity index (χ1v) is 7.49. The van der Waals surface area contributed by atoms with E-state index < -0.39 is 11.0 Å². The summed E-state index contributed by atoms with van der Waals surface area (Å²) >= 11 is 0. The summed E-state index contributed by atoms with van der Waals surface area (Å²) < 4.78 is 5.89. The van der Waals surface area contributed by atoms with Crippen LogP contribution < -0.4 is 10.1 Å². The molecule has 0 spiro atoms. The number of aliphatic hydroxyl groups is 1. The van der Waals surface area contributed by atoms with Gasteiger partial charge in [0.1, 0.15) is 11.9 Å². The zero-order valence-electron chi connectivity index (χ0n) is 11.8. The summed E-state index contributed by atoms with van der Waals surface area (Å²) in [7, 11) is 0. The number of hydrogen-bond donors (Lipinski definition) is 2. The molecule has 1 aromatic rings. The fourth-order valence-corrected chi connectivity index (χ4v) is 2.68. The first kappa shape index (κ1) is 14.3. The molecule has 2 fully saturated rings. The highest BCUT2D eigenvalue weighted by Gasteiger charge is 2.28. The van der Waals surface area contributed by atoms with Crippen LogP contribution in [0.5, 0.6) is 5.75 Å². The summed E-state index contributed by atoms with van der Waals surface area (Å²) in [4.78, 5) is 10.5. The van der Waals surface area contributed by atoms with Crippen LogP contribution in [-0.2, 0) is 6.54 Å². The second-order valence-electron chi connectivity index (χ2n) is 5.86. The van der Waals surface area contributed by atoms with Crippen LogP contribution >= 0.6 is 0 Å². The predicted octanol–water partition coefficient (Wildman–Crippen LogP) is 2.14. The molecule has 2 aliphatic carbocycles. The van der Waals surface area contributed by atoms with E-state index in [1.165, 1.54) is 6.07 Å². The van der Waals surface area contributed by atoms with Gasteiger partial charge in [-0.2, -0.15) is 0 Å².